The van der Waals surface area contributed by atoms with Crippen molar-refractivity contribution >= 4 is 40.6 Å². The number of fused-ring (bicyclic) bond motifs is 1. The summed E-state index contributed by atoms with van der Waals surface area (Å²) in [5, 5.41) is 12.3. The Morgan fingerprint density at radius 3 is 2.77 bits per heavy atom. The molecule has 14 heteroatoms. The molecule has 0 aromatic carbocycles. The Kier molecular flexibility index (Phi) is 6.76. The Bertz CT molecular complexity index is 1740. The van der Waals surface area contributed by atoms with Crippen molar-refractivity contribution in [1.82, 2.24) is 24.1 Å². The number of hydrogen-bond donors (Lipinski definition) is 3. The average molecular weight is 556 g/mol. The van der Waals surface area contributed by atoms with Gasteiger partial charge in [-0.25, -0.2) is 4.98 Å². The molecule has 0 saturated heterocycles. The normalized spacial score (nSPS) is 14.5. The molecule has 0 radical (unpaired) electrons. The van der Waals surface area contributed by atoms with Gasteiger partial charge >= 0.3 is 6.18 Å². The molecule has 5 heterocycles. The molecule has 4 N–H and O–H groups in total. The highest BCUT2D eigenvalue weighted by molar-refractivity contribution is 6.36. The lowest BCUT2D eigenvalue weighted by atomic mass is 10.2. The minimum absolute atomic E-state index is 0.0185. The lowest BCUT2D eigenvalue weighted by Gasteiger charge is -2.14. The molecule has 0 unspecified atom stereocenters. The molecular formula is C25H19ClF3N8O2+. The lowest BCUT2D eigenvalue weighted by Crippen LogP contribution is -2.76. The highest BCUT2D eigenvalue weighted by atomic mass is 35.5. The van der Waals surface area contributed by atoms with E-state index in [1.54, 1.807) is 30.7 Å². The van der Waals surface area contributed by atoms with E-state index in [-0.39, 0.29) is 39.5 Å². The van der Waals surface area contributed by atoms with Crippen molar-refractivity contribution in [2.45, 2.75) is 6.18 Å². The monoisotopic (exact) mass is 555 g/mol. The fraction of sp³-hybridized carbons (Fsp3) is 0.0800. The maximum absolute atomic E-state index is 13.7. The van der Waals surface area contributed by atoms with Gasteiger partial charge in [-0.15, -0.1) is 0 Å². The van der Waals surface area contributed by atoms with Gasteiger partial charge in [-0.05, 0) is 24.3 Å². The smallest absolute Gasteiger partial charge is 0.417 e. The molecule has 10 nitrogen and oxygen atoms in total. The number of nitrogens with two attached hydrogens (primary N) is 1. The zero-order chi connectivity index (χ0) is 27.7. The van der Waals surface area contributed by atoms with Gasteiger partial charge in [-0.3, -0.25) is 19.7 Å². The number of ether oxygens (including phenoxy) is 1. The number of aromatic nitrogens is 5. The Morgan fingerprint density at radius 1 is 1.28 bits per heavy atom. The second-order valence-electron chi connectivity index (χ2n) is 8.23. The highest BCUT2D eigenvalue weighted by Crippen LogP contribution is 2.35. The van der Waals surface area contributed by atoms with Crippen LogP contribution >= 0.6 is 11.6 Å². The summed E-state index contributed by atoms with van der Waals surface area (Å²) in [7, 11) is 1.56. The van der Waals surface area contributed by atoms with Crippen LogP contribution in [0.1, 0.15) is 5.56 Å². The minimum Gasteiger partial charge on any atom is -0.446 e. The Morgan fingerprint density at radius 2 is 2.10 bits per heavy atom. The molecule has 0 amide bonds. The molecule has 1 aliphatic heterocycles. The molecule has 4 aromatic rings. The molecule has 0 atom stereocenters. The first-order valence-corrected chi connectivity index (χ1v) is 11.7. The molecule has 0 aliphatic carbocycles. The summed E-state index contributed by atoms with van der Waals surface area (Å²) in [5.41, 5.74) is -0.908. The van der Waals surface area contributed by atoms with Crippen LogP contribution in [0.5, 0.6) is 5.75 Å². The van der Waals surface area contributed by atoms with Gasteiger partial charge in [-0.2, -0.15) is 18.2 Å². The third-order valence-corrected chi connectivity index (χ3v) is 6.09. The first-order valence-electron chi connectivity index (χ1n) is 11.3. The van der Waals surface area contributed by atoms with E-state index in [1.165, 1.54) is 35.3 Å². The summed E-state index contributed by atoms with van der Waals surface area (Å²) in [6, 6.07) is 3.68. The van der Waals surface area contributed by atoms with Crippen LogP contribution in [0.15, 0.2) is 83.7 Å². The van der Waals surface area contributed by atoms with Gasteiger partial charge in [-0.1, -0.05) is 17.7 Å². The zero-order valence-corrected chi connectivity index (χ0v) is 20.8. The molecule has 5 rings (SSSR count). The molecule has 0 fully saturated rings. The van der Waals surface area contributed by atoms with Gasteiger partial charge in [0.05, 0.1) is 36.1 Å². The van der Waals surface area contributed by atoms with Crippen LogP contribution in [-0.2, 0) is 13.2 Å². The predicted octanol–water partition coefficient (Wildman–Crippen LogP) is 3.82. The van der Waals surface area contributed by atoms with Gasteiger partial charge in [0.25, 0.3) is 5.56 Å². The Labute approximate surface area is 223 Å². The summed E-state index contributed by atoms with van der Waals surface area (Å²) in [4.78, 5) is 25.6. The first kappa shape index (κ1) is 25.9. The number of anilines is 2. The lowest BCUT2D eigenvalue weighted by molar-refractivity contribution is -0.532. The fourth-order valence-electron chi connectivity index (χ4n) is 3.82. The Hall–Kier alpha value is -4.75. The number of allylic oxidation sites excluding steroid dienone is 4. The van der Waals surface area contributed by atoms with E-state index in [1.807, 2.05) is 6.08 Å². The molecule has 0 saturated carbocycles. The predicted molar refractivity (Wildman–Crippen MR) is 138 cm³/mol. The maximum Gasteiger partial charge on any atom is 0.417 e. The van der Waals surface area contributed by atoms with Gasteiger partial charge < -0.3 is 20.0 Å². The van der Waals surface area contributed by atoms with Gasteiger partial charge in [0.2, 0.25) is 11.7 Å². The molecule has 4 aromatic heterocycles. The number of halogens is 4. The molecule has 1 aliphatic rings. The third kappa shape index (κ3) is 5.04. The molecule has 0 spiro atoms. The molecule has 39 heavy (non-hydrogen) atoms. The van der Waals surface area contributed by atoms with Crippen molar-refractivity contribution in [1.29, 1.82) is 5.41 Å². The topological polar surface area (TPSA) is 127 Å². The van der Waals surface area contributed by atoms with Crippen molar-refractivity contribution in [2.24, 2.45) is 7.05 Å². The number of nitrogens with zero attached hydrogens (tertiary/aromatic N) is 5. The average Bonchev–Trinajstić information content (AvgIpc) is 3.25. The van der Waals surface area contributed by atoms with Crippen LogP contribution in [0.2, 0.25) is 5.02 Å². The van der Waals surface area contributed by atoms with Crippen LogP contribution in [-0.4, -0.2) is 30.3 Å². The van der Waals surface area contributed by atoms with Crippen LogP contribution in [0.4, 0.5) is 24.8 Å². The van der Waals surface area contributed by atoms with Crippen molar-refractivity contribution in [3.8, 4) is 11.4 Å². The summed E-state index contributed by atoms with van der Waals surface area (Å²) in [6.45, 7) is 0. The van der Waals surface area contributed by atoms with Crippen molar-refractivity contribution < 1.29 is 23.2 Å². The van der Waals surface area contributed by atoms with Gasteiger partial charge in [0, 0.05) is 25.5 Å². The number of aryl methyl sites for hydroxylation is 1. The van der Waals surface area contributed by atoms with Crippen molar-refractivity contribution in [3.05, 3.63) is 99.8 Å². The minimum atomic E-state index is -4.72. The number of nitrogens with one attached hydrogen (secondary N) is 2. The van der Waals surface area contributed by atoms with Gasteiger partial charge in [0.1, 0.15) is 16.2 Å². The van der Waals surface area contributed by atoms with E-state index >= 15 is 0 Å². The Balaban J connectivity index is 1.56. The second-order valence-corrected chi connectivity index (χ2v) is 8.61. The molecule has 198 valence electrons. The van der Waals surface area contributed by atoms with E-state index in [4.69, 9.17) is 21.7 Å². The largest absolute Gasteiger partial charge is 0.446 e. The quantitative estimate of drug-likeness (QED) is 0.245. The van der Waals surface area contributed by atoms with E-state index in [0.717, 1.165) is 10.8 Å². The summed E-state index contributed by atoms with van der Waals surface area (Å²) in [5.74, 6) is 0.378. The van der Waals surface area contributed by atoms with Crippen LogP contribution in [0, 0.1) is 5.41 Å². The van der Waals surface area contributed by atoms with Crippen molar-refractivity contribution in [3.63, 3.8) is 0 Å². The second kappa shape index (κ2) is 10.2. The summed E-state index contributed by atoms with van der Waals surface area (Å²) < 4.78 is 49.2. The van der Waals surface area contributed by atoms with E-state index < -0.39 is 17.3 Å². The molecular weight excluding hydrogens is 537 g/mol. The van der Waals surface area contributed by atoms with Crippen LogP contribution in [0.3, 0.4) is 0 Å². The van der Waals surface area contributed by atoms with E-state index in [2.05, 4.69) is 20.3 Å². The fourth-order valence-corrected chi connectivity index (χ4v) is 4.12. The number of hydrogen-bond acceptors (Lipinski definition) is 7. The summed E-state index contributed by atoms with van der Waals surface area (Å²) in [6.07, 6.45) is 8.25. The highest BCUT2D eigenvalue weighted by Gasteiger charge is 2.33. The first-order chi connectivity index (χ1) is 18.7. The number of imidazole rings is 1. The third-order valence-electron chi connectivity index (χ3n) is 5.73. The zero-order valence-electron chi connectivity index (χ0n) is 20.1. The summed E-state index contributed by atoms with van der Waals surface area (Å²) >= 11 is 6.61. The van der Waals surface area contributed by atoms with Gasteiger partial charge in [0.15, 0.2) is 17.1 Å². The maximum atomic E-state index is 13.7. The van der Waals surface area contributed by atoms with E-state index in [0.29, 0.717) is 23.5 Å². The number of rotatable bonds is 6. The number of alkyl halides is 3. The van der Waals surface area contributed by atoms with Crippen LogP contribution < -0.4 is 20.9 Å². The number of pyridine rings is 3. The molecule has 0 bridgehead atoms. The number of quaternary nitrogens is 1. The SMILES string of the molecule is Cn1c(Nc2cc(C(F)(F)F)cn(-c3cccnc3)c2=O)nc2ncc(O/C(C=N)=C3\C=CC=C[NH2+]3)c(Cl)c21. The standard InChI is InChI=1S/C25H18ClF3N8O2/c1-36-21-20(26)19(39-18(10-30)16-6-2-3-8-32-16)12-33-22(21)35-24(36)34-17-9-14(25(27,28)29)13-37(23(17)38)15-5-4-7-31-11-15/h2-13,30,32H,1H3,(H,33,34,35)/p+1/b18-16+,30-10?. The van der Waals surface area contributed by atoms with E-state index in [9.17, 15) is 18.0 Å². The van der Waals surface area contributed by atoms with Crippen molar-refractivity contribution in [2.75, 3.05) is 5.32 Å². The van der Waals surface area contributed by atoms with Crippen LogP contribution in [0.25, 0.3) is 16.9 Å².